The Bertz CT molecular complexity index is 301. The van der Waals surface area contributed by atoms with Crippen LogP contribution >= 0.6 is 11.3 Å². The van der Waals surface area contributed by atoms with Crippen LogP contribution in [0.2, 0.25) is 0 Å². The highest BCUT2D eigenvalue weighted by Crippen LogP contribution is 2.09. The van der Waals surface area contributed by atoms with Crippen molar-refractivity contribution in [3.63, 3.8) is 0 Å². The lowest BCUT2D eigenvalue weighted by Crippen LogP contribution is -2.04. The summed E-state index contributed by atoms with van der Waals surface area (Å²) in [5.74, 6) is 0.0339. The molecule has 0 aliphatic rings. The van der Waals surface area contributed by atoms with Gasteiger partial charge in [-0.1, -0.05) is 12.1 Å². The van der Waals surface area contributed by atoms with Gasteiger partial charge in [0, 0.05) is 18.8 Å². The van der Waals surface area contributed by atoms with Crippen LogP contribution in [-0.4, -0.2) is 12.3 Å². The summed E-state index contributed by atoms with van der Waals surface area (Å²) < 4.78 is 0. The maximum Gasteiger partial charge on any atom is 0.197 e. The largest absolute Gasteiger partial charge is 0.387 e. The lowest BCUT2D eigenvalue weighted by molar-refractivity contribution is 0.105. The molecule has 0 aliphatic carbocycles. The van der Waals surface area contributed by atoms with E-state index in [2.05, 4.69) is 11.9 Å². The van der Waals surface area contributed by atoms with Gasteiger partial charge < -0.3 is 5.32 Å². The summed E-state index contributed by atoms with van der Waals surface area (Å²) >= 11 is 1.45. The van der Waals surface area contributed by atoms with Crippen LogP contribution in [0, 0.1) is 0 Å². The molecule has 0 spiro atoms. The van der Waals surface area contributed by atoms with Gasteiger partial charge in [-0.15, -0.1) is 17.9 Å². The van der Waals surface area contributed by atoms with E-state index in [1.54, 1.807) is 12.3 Å². The maximum absolute atomic E-state index is 11.3. The molecule has 68 valence electrons. The third-order valence-electron chi connectivity index (χ3n) is 1.38. The van der Waals surface area contributed by atoms with Crippen molar-refractivity contribution in [2.75, 3.05) is 6.54 Å². The van der Waals surface area contributed by atoms with E-state index in [0.717, 1.165) is 4.88 Å². The van der Waals surface area contributed by atoms with Crippen LogP contribution in [0.4, 0.5) is 0 Å². The topological polar surface area (TPSA) is 29.1 Å². The number of thiophene rings is 1. The quantitative estimate of drug-likeness (QED) is 0.336. The molecular weight excluding hydrogens is 182 g/mol. The van der Waals surface area contributed by atoms with E-state index in [1.165, 1.54) is 17.4 Å². The number of carbonyl (C=O) groups is 1. The highest BCUT2D eigenvalue weighted by Gasteiger charge is 2.00. The number of hydrogen-bond acceptors (Lipinski definition) is 3. The molecule has 0 amide bonds. The Kier molecular flexibility index (Phi) is 3.99. The predicted molar refractivity (Wildman–Crippen MR) is 56.0 cm³/mol. The normalized spacial score (nSPS) is 10.2. The molecule has 0 unspecified atom stereocenters. The fourth-order valence-electron chi connectivity index (χ4n) is 0.787. The molecule has 1 aromatic rings. The molecule has 2 nitrogen and oxygen atoms in total. The van der Waals surface area contributed by atoms with Crippen LogP contribution in [0.5, 0.6) is 0 Å². The van der Waals surface area contributed by atoms with Gasteiger partial charge in [0.2, 0.25) is 0 Å². The summed E-state index contributed by atoms with van der Waals surface area (Å²) in [6.07, 6.45) is 4.90. The predicted octanol–water partition coefficient (Wildman–Crippen LogP) is 2.22. The Hall–Kier alpha value is -1.35. The molecule has 0 aromatic carbocycles. The van der Waals surface area contributed by atoms with Crippen molar-refractivity contribution < 1.29 is 4.79 Å². The van der Waals surface area contributed by atoms with Gasteiger partial charge >= 0.3 is 0 Å². The van der Waals surface area contributed by atoms with Crippen molar-refractivity contribution in [3.05, 3.63) is 47.3 Å². The van der Waals surface area contributed by atoms with E-state index >= 15 is 0 Å². The summed E-state index contributed by atoms with van der Waals surface area (Å²) in [6.45, 7) is 4.22. The molecule has 1 rings (SSSR count). The Morgan fingerprint density at radius 2 is 2.54 bits per heavy atom. The van der Waals surface area contributed by atoms with Crippen molar-refractivity contribution in [1.29, 1.82) is 0 Å². The monoisotopic (exact) mass is 193 g/mol. The highest BCUT2D eigenvalue weighted by atomic mass is 32.1. The van der Waals surface area contributed by atoms with Crippen LogP contribution in [0.25, 0.3) is 0 Å². The lowest BCUT2D eigenvalue weighted by Gasteiger charge is -1.91. The van der Waals surface area contributed by atoms with Gasteiger partial charge in [0.25, 0.3) is 0 Å². The number of allylic oxidation sites excluding steroid dienone is 1. The van der Waals surface area contributed by atoms with Gasteiger partial charge in [-0.3, -0.25) is 4.79 Å². The van der Waals surface area contributed by atoms with E-state index in [1.807, 2.05) is 17.5 Å². The van der Waals surface area contributed by atoms with Gasteiger partial charge in [0.05, 0.1) is 4.88 Å². The van der Waals surface area contributed by atoms with Crippen LogP contribution in [0.1, 0.15) is 9.67 Å². The van der Waals surface area contributed by atoms with E-state index in [9.17, 15) is 4.79 Å². The Labute approximate surface area is 81.6 Å². The minimum atomic E-state index is 0.0339. The zero-order valence-corrected chi connectivity index (χ0v) is 8.01. The second-order valence-electron chi connectivity index (χ2n) is 2.37. The van der Waals surface area contributed by atoms with Crippen LogP contribution in [-0.2, 0) is 0 Å². The Balaban J connectivity index is 2.42. The summed E-state index contributed by atoms with van der Waals surface area (Å²) in [7, 11) is 0. The smallest absolute Gasteiger partial charge is 0.197 e. The molecule has 0 saturated carbocycles. The average molecular weight is 193 g/mol. The number of rotatable bonds is 5. The summed E-state index contributed by atoms with van der Waals surface area (Å²) in [6, 6.07) is 3.67. The first-order chi connectivity index (χ1) is 6.34. The zero-order valence-electron chi connectivity index (χ0n) is 7.19. The van der Waals surface area contributed by atoms with Crippen molar-refractivity contribution in [2.45, 2.75) is 0 Å². The summed E-state index contributed by atoms with van der Waals surface area (Å²) in [5.41, 5.74) is 0. The molecule has 0 atom stereocenters. The highest BCUT2D eigenvalue weighted by molar-refractivity contribution is 7.12. The second-order valence-corrected chi connectivity index (χ2v) is 3.32. The first-order valence-corrected chi connectivity index (χ1v) is 4.81. The Morgan fingerprint density at radius 1 is 1.69 bits per heavy atom. The molecule has 0 bridgehead atoms. The second kappa shape index (κ2) is 5.32. The van der Waals surface area contributed by atoms with E-state index in [4.69, 9.17) is 0 Å². The molecule has 13 heavy (non-hydrogen) atoms. The van der Waals surface area contributed by atoms with E-state index in [-0.39, 0.29) is 5.78 Å². The number of nitrogens with one attached hydrogen (secondary N) is 1. The van der Waals surface area contributed by atoms with Crippen LogP contribution in [0.15, 0.2) is 42.4 Å². The standard InChI is InChI=1S/C10H11NOS/c1-2-6-11-7-5-9(12)10-4-3-8-13-10/h2-5,7-8,11H,1,6H2/b7-5-. The average Bonchev–Trinajstić information content (AvgIpc) is 2.65. The van der Waals surface area contributed by atoms with Crippen molar-refractivity contribution in [2.24, 2.45) is 0 Å². The maximum atomic E-state index is 11.3. The molecule has 0 radical (unpaired) electrons. The third-order valence-corrected chi connectivity index (χ3v) is 2.26. The third kappa shape index (κ3) is 3.25. The fraction of sp³-hybridized carbons (Fsp3) is 0.100. The molecule has 1 aromatic heterocycles. The van der Waals surface area contributed by atoms with Crippen molar-refractivity contribution in [1.82, 2.24) is 5.32 Å². The Morgan fingerprint density at radius 3 is 3.15 bits per heavy atom. The zero-order chi connectivity index (χ0) is 9.52. The lowest BCUT2D eigenvalue weighted by atomic mass is 10.3. The first-order valence-electron chi connectivity index (χ1n) is 3.93. The van der Waals surface area contributed by atoms with Gasteiger partial charge in [-0.2, -0.15) is 0 Å². The molecule has 0 fully saturated rings. The molecule has 0 saturated heterocycles. The molecule has 3 heteroatoms. The van der Waals surface area contributed by atoms with Crippen molar-refractivity contribution in [3.8, 4) is 0 Å². The van der Waals surface area contributed by atoms with Crippen molar-refractivity contribution >= 4 is 17.1 Å². The molecule has 0 aliphatic heterocycles. The van der Waals surface area contributed by atoms with Gasteiger partial charge in [-0.05, 0) is 11.4 Å². The first kappa shape index (κ1) is 9.74. The number of hydrogen-bond donors (Lipinski definition) is 1. The summed E-state index contributed by atoms with van der Waals surface area (Å²) in [4.78, 5) is 12.1. The number of ketones is 1. The SMILES string of the molecule is C=CCN/C=C\C(=O)c1cccs1. The number of carbonyl (C=O) groups excluding carboxylic acids is 1. The van der Waals surface area contributed by atoms with Gasteiger partial charge in [0.1, 0.15) is 0 Å². The molecule has 1 heterocycles. The van der Waals surface area contributed by atoms with Gasteiger partial charge in [0.15, 0.2) is 5.78 Å². The minimum Gasteiger partial charge on any atom is -0.387 e. The molecule has 1 N–H and O–H groups in total. The van der Waals surface area contributed by atoms with E-state index < -0.39 is 0 Å². The van der Waals surface area contributed by atoms with Crippen LogP contribution in [0.3, 0.4) is 0 Å². The minimum absolute atomic E-state index is 0.0339. The van der Waals surface area contributed by atoms with Gasteiger partial charge in [-0.25, -0.2) is 0 Å². The molecular formula is C10H11NOS. The fourth-order valence-corrected chi connectivity index (χ4v) is 1.43. The van der Waals surface area contributed by atoms with E-state index in [0.29, 0.717) is 6.54 Å². The van der Waals surface area contributed by atoms with Crippen LogP contribution < -0.4 is 5.32 Å². The summed E-state index contributed by atoms with van der Waals surface area (Å²) in [5, 5.41) is 4.80.